The van der Waals surface area contributed by atoms with E-state index in [4.69, 9.17) is 4.18 Å². The standard InChI is InChI=1S/C24H17NO5S/c1-15-10-12-16(13-11-15)31(28,29)30-14-25-22-18-7-3-4-8-19(18)23(26)21(22)17-6-2-5-9-20(17)24(25)27/h2-13H,14H2,1H3. The molecule has 6 nitrogen and oxygen atoms in total. The van der Waals surface area contributed by atoms with Gasteiger partial charge < -0.3 is 0 Å². The second kappa shape index (κ2) is 7.01. The minimum Gasteiger partial charge on any atom is -0.288 e. The van der Waals surface area contributed by atoms with Crippen LogP contribution in [0.15, 0.2) is 82.5 Å². The number of benzene rings is 3. The molecule has 4 aromatic rings. The fraction of sp³-hybridized carbons (Fsp3) is 0.0833. The average molecular weight is 431 g/mol. The summed E-state index contributed by atoms with van der Waals surface area (Å²) in [5.41, 5.74) is 2.32. The van der Waals surface area contributed by atoms with Crippen LogP contribution in [0.5, 0.6) is 0 Å². The number of nitrogens with zero attached hydrogens (tertiary/aromatic N) is 1. The lowest BCUT2D eigenvalue weighted by atomic mass is 10.0. The Morgan fingerprint density at radius 1 is 0.806 bits per heavy atom. The van der Waals surface area contributed by atoms with Gasteiger partial charge in [-0.1, -0.05) is 60.2 Å². The first-order valence-corrected chi connectivity index (χ1v) is 11.0. The van der Waals surface area contributed by atoms with Crippen LogP contribution in [0.1, 0.15) is 21.5 Å². The quantitative estimate of drug-likeness (QED) is 0.403. The van der Waals surface area contributed by atoms with Gasteiger partial charge in [-0.15, -0.1) is 0 Å². The number of rotatable bonds is 4. The lowest BCUT2D eigenvalue weighted by Gasteiger charge is -2.15. The molecule has 0 N–H and O–H groups in total. The van der Waals surface area contributed by atoms with Crippen LogP contribution in [-0.2, 0) is 21.0 Å². The van der Waals surface area contributed by atoms with Crippen molar-refractivity contribution < 1.29 is 17.4 Å². The summed E-state index contributed by atoms with van der Waals surface area (Å²) in [6.45, 7) is 1.31. The van der Waals surface area contributed by atoms with Crippen LogP contribution in [0.3, 0.4) is 0 Å². The summed E-state index contributed by atoms with van der Waals surface area (Å²) in [5, 5.41) is 0.875. The van der Waals surface area contributed by atoms with Crippen molar-refractivity contribution >= 4 is 26.7 Å². The van der Waals surface area contributed by atoms with Crippen LogP contribution in [-0.4, -0.2) is 18.8 Å². The van der Waals surface area contributed by atoms with Gasteiger partial charge in [-0.05, 0) is 25.1 Å². The maximum atomic E-state index is 13.3. The number of aromatic nitrogens is 1. The number of carbonyl (C=O) groups excluding carboxylic acids is 1. The van der Waals surface area contributed by atoms with Gasteiger partial charge in [-0.25, -0.2) is 4.18 Å². The maximum Gasteiger partial charge on any atom is 0.298 e. The van der Waals surface area contributed by atoms with Gasteiger partial charge in [0.2, 0.25) is 0 Å². The van der Waals surface area contributed by atoms with Crippen LogP contribution < -0.4 is 5.56 Å². The Bertz CT molecular complexity index is 1530. The van der Waals surface area contributed by atoms with E-state index in [2.05, 4.69) is 0 Å². The van der Waals surface area contributed by atoms with Crippen molar-refractivity contribution in [2.75, 3.05) is 0 Å². The summed E-state index contributed by atoms with van der Waals surface area (Å²) in [6.07, 6.45) is 0. The summed E-state index contributed by atoms with van der Waals surface area (Å²) in [4.78, 5) is 26.4. The monoisotopic (exact) mass is 431 g/mol. The van der Waals surface area contributed by atoms with Crippen molar-refractivity contribution in [3.63, 3.8) is 0 Å². The van der Waals surface area contributed by atoms with E-state index in [0.717, 1.165) is 5.56 Å². The molecule has 7 heteroatoms. The van der Waals surface area contributed by atoms with Crippen molar-refractivity contribution in [3.05, 3.63) is 99.8 Å². The minimum atomic E-state index is -4.10. The number of fused-ring (bicyclic) bond motifs is 5. The van der Waals surface area contributed by atoms with Gasteiger partial charge in [0, 0.05) is 21.9 Å². The smallest absolute Gasteiger partial charge is 0.288 e. The highest BCUT2D eigenvalue weighted by Crippen LogP contribution is 2.39. The molecule has 0 saturated carbocycles. The number of carbonyl (C=O) groups is 1. The summed E-state index contributed by atoms with van der Waals surface area (Å²) in [6, 6.07) is 20.1. The zero-order chi connectivity index (χ0) is 21.8. The Morgan fingerprint density at radius 2 is 1.42 bits per heavy atom. The minimum absolute atomic E-state index is 0.0000556. The van der Waals surface area contributed by atoms with Crippen molar-refractivity contribution in [2.24, 2.45) is 0 Å². The largest absolute Gasteiger partial charge is 0.298 e. The number of ketones is 1. The zero-order valence-corrected chi connectivity index (χ0v) is 17.3. The highest BCUT2D eigenvalue weighted by molar-refractivity contribution is 7.86. The first-order valence-electron chi connectivity index (χ1n) is 9.64. The number of hydrogen-bond acceptors (Lipinski definition) is 5. The first-order chi connectivity index (χ1) is 14.9. The molecule has 0 aliphatic heterocycles. The van der Waals surface area contributed by atoms with E-state index in [1.165, 1.54) is 16.7 Å². The Hall–Kier alpha value is -3.55. The van der Waals surface area contributed by atoms with Crippen molar-refractivity contribution in [1.82, 2.24) is 4.57 Å². The highest BCUT2D eigenvalue weighted by Gasteiger charge is 2.32. The molecule has 1 aliphatic carbocycles. The second-order valence-electron chi connectivity index (χ2n) is 7.39. The Labute approximate surface area is 178 Å². The first kappa shape index (κ1) is 19.4. The molecule has 0 radical (unpaired) electrons. The highest BCUT2D eigenvalue weighted by atomic mass is 32.2. The molecule has 0 atom stereocenters. The molecule has 5 rings (SSSR count). The molecule has 3 aromatic carbocycles. The molecule has 0 unspecified atom stereocenters. The molecule has 0 fully saturated rings. The molecule has 1 aliphatic rings. The molecule has 0 spiro atoms. The summed E-state index contributed by atoms with van der Waals surface area (Å²) in [7, 11) is -4.10. The maximum absolute atomic E-state index is 13.3. The SMILES string of the molecule is Cc1ccc(S(=O)(=O)OCn2c3c(c4ccccc4c2=O)C(=O)c2ccccc2-3)cc1. The second-order valence-corrected chi connectivity index (χ2v) is 9.01. The van der Waals surface area contributed by atoms with Crippen molar-refractivity contribution in [3.8, 4) is 11.3 Å². The predicted octanol–water partition coefficient (Wildman–Crippen LogP) is 3.88. The Balaban J connectivity index is 1.69. The van der Waals surface area contributed by atoms with Gasteiger partial charge in [-0.3, -0.25) is 14.2 Å². The summed E-state index contributed by atoms with van der Waals surface area (Å²) >= 11 is 0. The third-order valence-corrected chi connectivity index (χ3v) is 6.74. The molecule has 0 amide bonds. The van der Waals surface area contributed by atoms with Gasteiger partial charge in [0.25, 0.3) is 15.7 Å². The van der Waals surface area contributed by atoms with Crippen LogP contribution in [0.2, 0.25) is 0 Å². The normalized spacial score (nSPS) is 12.7. The van der Waals surface area contributed by atoms with Gasteiger partial charge in [-0.2, -0.15) is 8.42 Å². The van der Waals surface area contributed by atoms with Crippen molar-refractivity contribution in [2.45, 2.75) is 18.6 Å². The van der Waals surface area contributed by atoms with E-state index >= 15 is 0 Å². The Morgan fingerprint density at radius 3 is 2.13 bits per heavy atom. The van der Waals surface area contributed by atoms with Gasteiger partial charge in [0.05, 0.1) is 16.2 Å². The lowest BCUT2D eigenvalue weighted by molar-refractivity contribution is 0.104. The van der Waals surface area contributed by atoms with Gasteiger partial charge in [0.1, 0.15) is 6.73 Å². The fourth-order valence-corrected chi connectivity index (χ4v) is 4.80. The molecule has 0 bridgehead atoms. The summed E-state index contributed by atoms with van der Waals surface area (Å²) < 4.78 is 31.9. The molecular weight excluding hydrogens is 414 g/mol. The number of pyridine rings is 1. The van der Waals surface area contributed by atoms with Gasteiger partial charge in [0.15, 0.2) is 5.78 Å². The van der Waals surface area contributed by atoms with E-state index < -0.39 is 22.4 Å². The van der Waals surface area contributed by atoms with Gasteiger partial charge >= 0.3 is 0 Å². The fourth-order valence-electron chi connectivity index (χ4n) is 3.95. The van der Waals surface area contributed by atoms with E-state index in [1.807, 2.05) is 6.92 Å². The van der Waals surface area contributed by atoms with E-state index in [9.17, 15) is 18.0 Å². The molecular formula is C24H17NO5S. The lowest BCUT2D eigenvalue weighted by Crippen LogP contribution is -2.25. The van der Waals surface area contributed by atoms with E-state index in [-0.39, 0.29) is 10.7 Å². The van der Waals surface area contributed by atoms with Crippen LogP contribution >= 0.6 is 0 Å². The van der Waals surface area contributed by atoms with E-state index in [1.54, 1.807) is 60.7 Å². The topological polar surface area (TPSA) is 82.4 Å². The van der Waals surface area contributed by atoms with Crippen LogP contribution in [0.25, 0.3) is 22.0 Å². The molecule has 154 valence electrons. The van der Waals surface area contributed by atoms with Crippen LogP contribution in [0, 0.1) is 6.92 Å². The van der Waals surface area contributed by atoms with Crippen molar-refractivity contribution in [1.29, 1.82) is 0 Å². The molecule has 1 aromatic heterocycles. The van der Waals surface area contributed by atoms with E-state index in [0.29, 0.717) is 33.2 Å². The summed E-state index contributed by atoms with van der Waals surface area (Å²) in [5.74, 6) is -0.197. The van der Waals surface area contributed by atoms with Crippen LogP contribution in [0.4, 0.5) is 0 Å². The third-order valence-electron chi connectivity index (χ3n) is 5.48. The Kier molecular flexibility index (Phi) is 4.39. The average Bonchev–Trinajstić information content (AvgIpc) is 3.07. The predicted molar refractivity (Wildman–Crippen MR) is 117 cm³/mol. The number of aryl methyl sites for hydroxylation is 1. The molecule has 31 heavy (non-hydrogen) atoms. The molecule has 0 saturated heterocycles. The zero-order valence-electron chi connectivity index (χ0n) is 16.5. The number of hydrogen-bond donors (Lipinski definition) is 0. The third kappa shape index (κ3) is 3.01. The molecule has 1 heterocycles.